The summed E-state index contributed by atoms with van der Waals surface area (Å²) in [5.74, 6) is -0.321. The first-order chi connectivity index (χ1) is 12.2. The molecule has 26 heavy (non-hydrogen) atoms. The Hall–Kier alpha value is -2.45. The average Bonchev–Trinajstić information content (AvgIpc) is 3.25. The molecule has 9 heteroatoms. The monoisotopic (exact) mass is 379 g/mol. The van der Waals surface area contributed by atoms with Gasteiger partial charge < -0.3 is 10.1 Å². The lowest BCUT2D eigenvalue weighted by molar-refractivity contribution is 0.129. The Bertz CT molecular complexity index is 811. The van der Waals surface area contributed by atoms with Gasteiger partial charge in [0, 0.05) is 18.3 Å². The van der Waals surface area contributed by atoms with Gasteiger partial charge in [-0.05, 0) is 36.7 Å². The molecule has 7 nitrogen and oxygen atoms in total. The maximum absolute atomic E-state index is 14.6. The fraction of sp³-hybridized carbons (Fsp3) is 0.353. The third kappa shape index (κ3) is 3.71. The summed E-state index contributed by atoms with van der Waals surface area (Å²) in [6, 6.07) is 4.90. The van der Waals surface area contributed by atoms with E-state index in [0.717, 1.165) is 25.1 Å². The summed E-state index contributed by atoms with van der Waals surface area (Å²) in [5, 5.41) is 10.8. The number of cyclic esters (lactones) is 1. The SMILES string of the molecule is Cl.O=C1OC(Cn2ccnn2)CN1c1ccc(C2=CCNCC2)c(F)c1. The van der Waals surface area contributed by atoms with Gasteiger partial charge in [-0.1, -0.05) is 11.3 Å². The Morgan fingerprint density at radius 3 is 2.96 bits per heavy atom. The molecule has 0 radical (unpaired) electrons. The number of benzene rings is 1. The zero-order chi connectivity index (χ0) is 17.2. The standard InChI is InChI=1S/C17H18FN5O2.ClH/c18-16-9-13(1-2-15(16)12-3-5-19-6-4-12)23-11-14(25-17(23)24)10-22-8-7-20-21-22;/h1-3,7-9,14,19H,4-6,10-11H2;1H. The van der Waals surface area contributed by atoms with Gasteiger partial charge in [-0.3, -0.25) is 4.90 Å². The lowest BCUT2D eigenvalue weighted by atomic mass is 9.99. The first kappa shape index (κ1) is 18.3. The van der Waals surface area contributed by atoms with Crippen molar-refractivity contribution in [2.24, 2.45) is 0 Å². The number of halogens is 2. The number of ether oxygens (including phenoxy) is 1. The zero-order valence-corrected chi connectivity index (χ0v) is 14.8. The molecule has 1 atom stereocenters. The van der Waals surface area contributed by atoms with Crippen LogP contribution in [0, 0.1) is 5.82 Å². The van der Waals surface area contributed by atoms with Crippen molar-refractivity contribution in [3.8, 4) is 0 Å². The van der Waals surface area contributed by atoms with Gasteiger partial charge in [-0.15, -0.1) is 17.5 Å². The fourth-order valence-corrected chi connectivity index (χ4v) is 3.17. The molecule has 0 spiro atoms. The summed E-state index contributed by atoms with van der Waals surface area (Å²) in [5.41, 5.74) is 2.09. The minimum absolute atomic E-state index is 0. The predicted molar refractivity (Wildman–Crippen MR) is 96.7 cm³/mol. The number of anilines is 1. The second-order valence-electron chi connectivity index (χ2n) is 6.09. The Labute approximate surface area is 156 Å². The minimum atomic E-state index is -0.474. The molecular formula is C17H19ClFN5O2. The summed E-state index contributed by atoms with van der Waals surface area (Å²) >= 11 is 0. The fourth-order valence-electron chi connectivity index (χ4n) is 3.17. The van der Waals surface area contributed by atoms with Crippen LogP contribution >= 0.6 is 12.4 Å². The van der Waals surface area contributed by atoms with Gasteiger partial charge in [0.2, 0.25) is 0 Å². The molecule has 1 N–H and O–H groups in total. The molecule has 2 aromatic rings. The molecule has 1 aromatic heterocycles. The highest BCUT2D eigenvalue weighted by Gasteiger charge is 2.33. The number of aromatic nitrogens is 3. The number of nitrogens with one attached hydrogen (secondary N) is 1. The van der Waals surface area contributed by atoms with E-state index >= 15 is 0 Å². The van der Waals surface area contributed by atoms with E-state index < -0.39 is 6.09 Å². The molecule has 0 bridgehead atoms. The van der Waals surface area contributed by atoms with Crippen molar-refractivity contribution in [2.45, 2.75) is 19.1 Å². The van der Waals surface area contributed by atoms with Gasteiger partial charge in [0.15, 0.2) is 0 Å². The summed E-state index contributed by atoms with van der Waals surface area (Å²) in [7, 11) is 0. The molecule has 1 saturated heterocycles. The maximum Gasteiger partial charge on any atom is 0.414 e. The number of carbonyl (C=O) groups excluding carboxylic acids is 1. The quantitative estimate of drug-likeness (QED) is 0.882. The highest BCUT2D eigenvalue weighted by Crippen LogP contribution is 2.28. The number of nitrogens with zero attached hydrogens (tertiary/aromatic N) is 4. The average molecular weight is 380 g/mol. The smallest absolute Gasteiger partial charge is 0.414 e. The Balaban J connectivity index is 0.00000196. The van der Waals surface area contributed by atoms with Crippen molar-refractivity contribution in [2.75, 3.05) is 24.5 Å². The molecule has 0 aliphatic carbocycles. The second-order valence-corrected chi connectivity index (χ2v) is 6.09. The van der Waals surface area contributed by atoms with Gasteiger partial charge in [0.1, 0.15) is 11.9 Å². The maximum atomic E-state index is 14.6. The topological polar surface area (TPSA) is 72.3 Å². The van der Waals surface area contributed by atoms with E-state index in [2.05, 4.69) is 15.6 Å². The molecular weight excluding hydrogens is 361 g/mol. The Morgan fingerprint density at radius 2 is 2.27 bits per heavy atom. The van der Waals surface area contributed by atoms with Crippen LogP contribution in [0.5, 0.6) is 0 Å². The van der Waals surface area contributed by atoms with Crippen molar-refractivity contribution >= 4 is 29.8 Å². The Morgan fingerprint density at radius 1 is 1.38 bits per heavy atom. The van der Waals surface area contributed by atoms with E-state index in [-0.39, 0.29) is 24.3 Å². The van der Waals surface area contributed by atoms with Gasteiger partial charge >= 0.3 is 6.09 Å². The van der Waals surface area contributed by atoms with Gasteiger partial charge in [0.05, 0.1) is 25.0 Å². The van der Waals surface area contributed by atoms with Gasteiger partial charge in [-0.2, -0.15) is 0 Å². The highest BCUT2D eigenvalue weighted by molar-refractivity contribution is 5.90. The van der Waals surface area contributed by atoms with Crippen LogP contribution < -0.4 is 10.2 Å². The summed E-state index contributed by atoms with van der Waals surface area (Å²) in [6.07, 6.45) is 5.25. The van der Waals surface area contributed by atoms with Crippen LogP contribution in [-0.2, 0) is 11.3 Å². The number of hydrogen-bond acceptors (Lipinski definition) is 5. The molecule has 1 amide bonds. The van der Waals surface area contributed by atoms with E-state index in [1.807, 2.05) is 6.08 Å². The van der Waals surface area contributed by atoms with Gasteiger partial charge in [0.25, 0.3) is 0 Å². The Kier molecular flexibility index (Phi) is 5.53. The predicted octanol–water partition coefficient (Wildman–Crippen LogP) is 2.24. The largest absolute Gasteiger partial charge is 0.442 e. The zero-order valence-electron chi connectivity index (χ0n) is 14.0. The minimum Gasteiger partial charge on any atom is -0.442 e. The van der Waals surface area contributed by atoms with Crippen LogP contribution in [0.1, 0.15) is 12.0 Å². The summed E-state index contributed by atoms with van der Waals surface area (Å²) in [6.45, 7) is 2.36. The third-order valence-electron chi connectivity index (χ3n) is 4.41. The van der Waals surface area contributed by atoms with Crippen molar-refractivity contribution in [3.05, 3.63) is 48.0 Å². The molecule has 1 aromatic carbocycles. The molecule has 3 heterocycles. The molecule has 2 aliphatic heterocycles. The van der Waals surface area contributed by atoms with E-state index in [9.17, 15) is 9.18 Å². The van der Waals surface area contributed by atoms with E-state index in [1.165, 1.54) is 11.0 Å². The lowest BCUT2D eigenvalue weighted by Crippen LogP contribution is -2.26. The highest BCUT2D eigenvalue weighted by atomic mass is 35.5. The molecule has 138 valence electrons. The van der Waals surface area contributed by atoms with Crippen LogP contribution in [0.25, 0.3) is 5.57 Å². The second kappa shape index (κ2) is 7.84. The van der Waals surface area contributed by atoms with Crippen molar-refractivity contribution in [3.63, 3.8) is 0 Å². The van der Waals surface area contributed by atoms with Crippen molar-refractivity contribution in [1.82, 2.24) is 20.3 Å². The van der Waals surface area contributed by atoms with Crippen molar-refractivity contribution in [1.29, 1.82) is 0 Å². The number of hydrogen-bond donors (Lipinski definition) is 1. The van der Waals surface area contributed by atoms with E-state index in [0.29, 0.717) is 24.3 Å². The van der Waals surface area contributed by atoms with Crippen LogP contribution in [0.4, 0.5) is 14.9 Å². The third-order valence-corrected chi connectivity index (χ3v) is 4.41. The summed E-state index contributed by atoms with van der Waals surface area (Å²) < 4.78 is 21.5. The first-order valence-electron chi connectivity index (χ1n) is 8.22. The molecule has 0 saturated carbocycles. The van der Waals surface area contributed by atoms with Crippen LogP contribution in [0.2, 0.25) is 0 Å². The van der Waals surface area contributed by atoms with E-state index in [1.54, 1.807) is 29.2 Å². The number of amides is 1. The van der Waals surface area contributed by atoms with Crippen molar-refractivity contribution < 1.29 is 13.9 Å². The normalized spacial score (nSPS) is 19.7. The molecule has 1 fully saturated rings. The molecule has 4 rings (SSSR count). The van der Waals surface area contributed by atoms with Crippen LogP contribution in [-0.4, -0.2) is 46.8 Å². The number of carbonyl (C=O) groups is 1. The van der Waals surface area contributed by atoms with Crippen LogP contribution in [0.3, 0.4) is 0 Å². The molecule has 2 aliphatic rings. The number of rotatable bonds is 4. The van der Waals surface area contributed by atoms with Crippen LogP contribution in [0.15, 0.2) is 36.7 Å². The lowest BCUT2D eigenvalue weighted by Gasteiger charge is -2.17. The first-order valence-corrected chi connectivity index (χ1v) is 8.22. The summed E-state index contributed by atoms with van der Waals surface area (Å²) in [4.78, 5) is 13.6. The molecule has 1 unspecified atom stereocenters. The van der Waals surface area contributed by atoms with Gasteiger partial charge in [-0.25, -0.2) is 13.9 Å². The van der Waals surface area contributed by atoms with E-state index in [4.69, 9.17) is 4.74 Å².